The van der Waals surface area contributed by atoms with Crippen molar-refractivity contribution in [3.8, 4) is 0 Å². The lowest BCUT2D eigenvalue weighted by Crippen LogP contribution is -2.45. The smallest absolute Gasteiger partial charge is 0.0334 e. The predicted molar refractivity (Wildman–Crippen MR) is 94.2 cm³/mol. The van der Waals surface area contributed by atoms with E-state index < -0.39 is 0 Å². The molecule has 3 aliphatic carbocycles. The summed E-state index contributed by atoms with van der Waals surface area (Å²) in [5.74, 6) is 1.99. The SMILES string of the molecule is C[C@@H](I)c1ccccc1CN(C)[C@H]1CC2CCC1CC2. The van der Waals surface area contributed by atoms with E-state index >= 15 is 0 Å². The fourth-order valence-electron chi connectivity index (χ4n) is 4.33. The Hall–Kier alpha value is -0.0900. The molecular formula is C18H26IN. The van der Waals surface area contributed by atoms with Crippen LogP contribution in [0.2, 0.25) is 0 Å². The van der Waals surface area contributed by atoms with Crippen molar-refractivity contribution in [2.75, 3.05) is 7.05 Å². The Bertz CT molecular complexity index is 448. The van der Waals surface area contributed by atoms with Crippen LogP contribution in [0.3, 0.4) is 0 Å². The van der Waals surface area contributed by atoms with E-state index in [1.54, 1.807) is 0 Å². The summed E-state index contributed by atoms with van der Waals surface area (Å²) in [6.45, 7) is 3.42. The molecule has 1 aromatic rings. The molecule has 0 aromatic heterocycles. The number of benzene rings is 1. The van der Waals surface area contributed by atoms with E-state index in [-0.39, 0.29) is 0 Å². The van der Waals surface area contributed by atoms with Crippen molar-refractivity contribution in [1.82, 2.24) is 4.90 Å². The van der Waals surface area contributed by atoms with Crippen LogP contribution < -0.4 is 0 Å². The molecule has 0 unspecified atom stereocenters. The van der Waals surface area contributed by atoms with Crippen LogP contribution in [0.5, 0.6) is 0 Å². The zero-order valence-electron chi connectivity index (χ0n) is 12.7. The highest BCUT2D eigenvalue weighted by atomic mass is 127. The number of fused-ring (bicyclic) bond motifs is 3. The number of rotatable bonds is 4. The maximum atomic E-state index is 2.65. The van der Waals surface area contributed by atoms with Gasteiger partial charge >= 0.3 is 0 Å². The zero-order valence-corrected chi connectivity index (χ0v) is 14.8. The van der Waals surface area contributed by atoms with Gasteiger partial charge in [0.2, 0.25) is 0 Å². The van der Waals surface area contributed by atoms with Gasteiger partial charge in [0.15, 0.2) is 0 Å². The third-order valence-corrected chi connectivity index (χ3v) is 6.15. The molecule has 4 rings (SSSR count). The van der Waals surface area contributed by atoms with Crippen molar-refractivity contribution in [2.24, 2.45) is 11.8 Å². The second-order valence-corrected chi connectivity index (χ2v) is 8.68. The molecule has 0 spiro atoms. The van der Waals surface area contributed by atoms with Crippen LogP contribution in [-0.4, -0.2) is 18.0 Å². The maximum absolute atomic E-state index is 2.65. The van der Waals surface area contributed by atoms with E-state index in [2.05, 4.69) is 65.7 Å². The van der Waals surface area contributed by atoms with E-state index in [0.717, 1.165) is 24.4 Å². The van der Waals surface area contributed by atoms with Gasteiger partial charge in [0, 0.05) is 16.5 Å². The van der Waals surface area contributed by atoms with Crippen molar-refractivity contribution in [1.29, 1.82) is 0 Å². The van der Waals surface area contributed by atoms with Gasteiger partial charge in [-0.1, -0.05) is 59.7 Å². The molecule has 20 heavy (non-hydrogen) atoms. The first-order valence-corrected chi connectivity index (χ1v) is 9.32. The first-order valence-electron chi connectivity index (χ1n) is 8.07. The summed E-state index contributed by atoms with van der Waals surface area (Å²) in [6.07, 6.45) is 7.39. The van der Waals surface area contributed by atoms with Gasteiger partial charge in [-0.05, 0) is 56.2 Å². The summed E-state index contributed by atoms with van der Waals surface area (Å²) in [5, 5.41) is 0. The fraction of sp³-hybridized carbons (Fsp3) is 0.667. The molecule has 3 saturated carbocycles. The summed E-state index contributed by atoms with van der Waals surface area (Å²) < 4.78 is 0.597. The molecule has 2 bridgehead atoms. The van der Waals surface area contributed by atoms with Crippen LogP contribution >= 0.6 is 22.6 Å². The summed E-state index contributed by atoms with van der Waals surface area (Å²) in [4.78, 5) is 2.65. The number of hydrogen-bond donors (Lipinski definition) is 0. The van der Waals surface area contributed by atoms with Crippen molar-refractivity contribution < 1.29 is 0 Å². The Morgan fingerprint density at radius 2 is 1.90 bits per heavy atom. The van der Waals surface area contributed by atoms with E-state index in [9.17, 15) is 0 Å². The van der Waals surface area contributed by atoms with Gasteiger partial charge < -0.3 is 0 Å². The lowest BCUT2D eigenvalue weighted by Gasteiger charge is -2.46. The topological polar surface area (TPSA) is 3.24 Å². The van der Waals surface area contributed by atoms with Crippen molar-refractivity contribution in [3.05, 3.63) is 35.4 Å². The van der Waals surface area contributed by atoms with Crippen molar-refractivity contribution in [3.63, 3.8) is 0 Å². The van der Waals surface area contributed by atoms with Gasteiger partial charge in [-0.3, -0.25) is 4.90 Å². The van der Waals surface area contributed by atoms with Gasteiger partial charge in [0.1, 0.15) is 0 Å². The molecule has 0 aliphatic heterocycles. The highest BCUT2D eigenvalue weighted by molar-refractivity contribution is 14.1. The molecule has 1 nitrogen and oxygen atoms in total. The van der Waals surface area contributed by atoms with Gasteiger partial charge in [-0.25, -0.2) is 0 Å². The molecule has 3 aliphatic rings. The summed E-state index contributed by atoms with van der Waals surface area (Å²) in [7, 11) is 2.35. The molecule has 0 radical (unpaired) electrons. The van der Waals surface area contributed by atoms with Gasteiger partial charge in [0.25, 0.3) is 0 Å². The van der Waals surface area contributed by atoms with Gasteiger partial charge in [-0.15, -0.1) is 0 Å². The minimum atomic E-state index is 0.597. The highest BCUT2D eigenvalue weighted by Crippen LogP contribution is 2.43. The fourth-order valence-corrected chi connectivity index (χ4v) is 4.94. The number of hydrogen-bond acceptors (Lipinski definition) is 1. The van der Waals surface area contributed by atoms with E-state index in [4.69, 9.17) is 0 Å². The molecule has 2 heteroatoms. The molecule has 110 valence electrons. The summed E-state index contributed by atoms with van der Waals surface area (Å²) in [6, 6.07) is 9.82. The van der Waals surface area contributed by atoms with Gasteiger partial charge in [-0.2, -0.15) is 0 Å². The van der Waals surface area contributed by atoms with Gasteiger partial charge in [0.05, 0.1) is 0 Å². The average molecular weight is 383 g/mol. The Kier molecular flexibility index (Phi) is 4.71. The van der Waals surface area contributed by atoms with Crippen LogP contribution in [-0.2, 0) is 6.54 Å². The van der Waals surface area contributed by atoms with Crippen LogP contribution in [0.1, 0.15) is 54.1 Å². The zero-order chi connectivity index (χ0) is 14.1. The highest BCUT2D eigenvalue weighted by Gasteiger charge is 2.37. The number of nitrogens with zero attached hydrogens (tertiary/aromatic N) is 1. The van der Waals surface area contributed by atoms with Crippen molar-refractivity contribution in [2.45, 2.75) is 55.5 Å². The molecule has 0 amide bonds. The predicted octanol–water partition coefficient (Wildman–Crippen LogP) is 5.19. The Morgan fingerprint density at radius 1 is 1.20 bits per heavy atom. The van der Waals surface area contributed by atoms with Crippen molar-refractivity contribution >= 4 is 22.6 Å². The Labute approximate surface area is 137 Å². The molecular weight excluding hydrogens is 357 g/mol. The number of alkyl halides is 1. The minimum Gasteiger partial charge on any atom is -0.299 e. The van der Waals surface area contributed by atoms with Crippen LogP contribution in [0.4, 0.5) is 0 Å². The molecule has 3 fully saturated rings. The van der Waals surface area contributed by atoms with E-state index in [1.165, 1.54) is 43.2 Å². The lowest BCUT2D eigenvalue weighted by atomic mass is 9.67. The number of halogens is 1. The van der Waals surface area contributed by atoms with E-state index in [0.29, 0.717) is 3.92 Å². The largest absolute Gasteiger partial charge is 0.299 e. The monoisotopic (exact) mass is 383 g/mol. The molecule has 1 aromatic carbocycles. The van der Waals surface area contributed by atoms with Crippen LogP contribution in [0, 0.1) is 11.8 Å². The average Bonchev–Trinajstić information content (AvgIpc) is 2.48. The standard InChI is InChI=1S/C18H26IN/c1-13(19)17-6-4-3-5-16(17)12-20(2)18-11-14-7-9-15(18)10-8-14/h3-6,13-15,18H,7-12H2,1-2H3/t13-,14?,15?,18+/m1/s1. The molecule has 0 heterocycles. The van der Waals surface area contributed by atoms with Crippen LogP contribution in [0.25, 0.3) is 0 Å². The second-order valence-electron chi connectivity index (χ2n) is 6.81. The summed E-state index contributed by atoms with van der Waals surface area (Å²) >= 11 is 2.54. The molecule has 0 saturated heterocycles. The third-order valence-electron chi connectivity index (χ3n) is 5.48. The third kappa shape index (κ3) is 3.06. The molecule has 2 atom stereocenters. The second kappa shape index (κ2) is 6.35. The molecule has 0 N–H and O–H groups in total. The Morgan fingerprint density at radius 3 is 2.50 bits per heavy atom. The Balaban J connectivity index is 1.71. The normalized spacial score (nSPS) is 30.7. The first kappa shape index (κ1) is 14.8. The minimum absolute atomic E-state index is 0.597. The lowest BCUT2D eigenvalue weighted by molar-refractivity contribution is 0.0449. The summed E-state index contributed by atoms with van der Waals surface area (Å²) in [5.41, 5.74) is 3.04. The maximum Gasteiger partial charge on any atom is 0.0334 e. The quantitative estimate of drug-likeness (QED) is 0.511. The van der Waals surface area contributed by atoms with E-state index in [1.807, 2.05) is 0 Å². The first-order chi connectivity index (χ1) is 9.65. The van der Waals surface area contributed by atoms with Crippen LogP contribution in [0.15, 0.2) is 24.3 Å².